The molecule has 3 rings (SSSR count). The zero-order valence-corrected chi connectivity index (χ0v) is 14.8. The Morgan fingerprint density at radius 3 is 2.44 bits per heavy atom. The predicted octanol–water partition coefficient (Wildman–Crippen LogP) is 1.81. The van der Waals surface area contributed by atoms with Crippen molar-refractivity contribution in [3.05, 3.63) is 47.3 Å². The summed E-state index contributed by atoms with van der Waals surface area (Å²) in [5, 5.41) is 8.82. The van der Waals surface area contributed by atoms with E-state index in [1.54, 1.807) is 0 Å². The lowest BCUT2D eigenvalue weighted by atomic mass is 10.2. The maximum atomic E-state index is 12.7. The minimum absolute atomic E-state index is 0.176. The van der Waals surface area contributed by atoms with Crippen molar-refractivity contribution in [2.75, 3.05) is 13.1 Å². The van der Waals surface area contributed by atoms with Crippen molar-refractivity contribution in [2.45, 2.75) is 31.3 Å². The fraction of sp³-hybridized carbons (Fsp3) is 0.353. The van der Waals surface area contributed by atoms with Gasteiger partial charge in [-0.2, -0.15) is 9.57 Å². The van der Waals surface area contributed by atoms with Crippen LogP contribution < -0.4 is 4.74 Å². The number of aromatic nitrogens is 2. The van der Waals surface area contributed by atoms with E-state index in [0.29, 0.717) is 18.5 Å². The molecule has 1 atom stereocenters. The van der Waals surface area contributed by atoms with Crippen LogP contribution in [0.4, 0.5) is 0 Å². The van der Waals surface area contributed by atoms with Crippen molar-refractivity contribution in [3.8, 4) is 12.1 Å². The van der Waals surface area contributed by atoms with Crippen LogP contribution >= 0.6 is 0 Å². The standard InChI is InChI=1S/C17H18N4O3S/c1-12-9-13(2)20-17(19-12)24-15-7-8-21(11-15)25(22,23)16-5-3-14(10-18)4-6-16/h3-6,9,15H,7-8,11H2,1-2H3/t15-/m0/s1. The van der Waals surface area contributed by atoms with Gasteiger partial charge in [0.05, 0.1) is 23.1 Å². The minimum atomic E-state index is -3.60. The first-order chi connectivity index (χ1) is 11.9. The summed E-state index contributed by atoms with van der Waals surface area (Å²) in [4.78, 5) is 8.64. The van der Waals surface area contributed by atoms with Crippen molar-refractivity contribution >= 4 is 10.0 Å². The molecule has 1 aliphatic heterocycles. The van der Waals surface area contributed by atoms with Gasteiger partial charge in [-0.15, -0.1) is 0 Å². The number of nitrogens with zero attached hydrogens (tertiary/aromatic N) is 4. The van der Waals surface area contributed by atoms with Crippen LogP contribution in [-0.2, 0) is 10.0 Å². The summed E-state index contributed by atoms with van der Waals surface area (Å²) in [6, 6.07) is 10.0. The molecule has 1 saturated heterocycles. The SMILES string of the molecule is Cc1cc(C)nc(O[C@H]2CCN(S(=O)(=O)c3ccc(C#N)cc3)C2)n1. The normalized spacial score (nSPS) is 18.0. The van der Waals surface area contributed by atoms with E-state index in [1.165, 1.54) is 28.6 Å². The fourth-order valence-corrected chi connectivity index (χ4v) is 4.24. The zero-order chi connectivity index (χ0) is 18.0. The molecule has 25 heavy (non-hydrogen) atoms. The lowest BCUT2D eigenvalue weighted by Gasteiger charge is -2.17. The molecule has 0 spiro atoms. The first kappa shape index (κ1) is 17.3. The van der Waals surface area contributed by atoms with Gasteiger partial charge in [-0.05, 0) is 50.6 Å². The Morgan fingerprint density at radius 1 is 1.20 bits per heavy atom. The van der Waals surface area contributed by atoms with Crippen LogP contribution in [0, 0.1) is 25.2 Å². The highest BCUT2D eigenvalue weighted by Gasteiger charge is 2.34. The van der Waals surface area contributed by atoms with Crippen LogP contribution in [0.15, 0.2) is 35.2 Å². The molecule has 1 aliphatic rings. The molecule has 0 bridgehead atoms. The molecule has 1 fully saturated rings. The average molecular weight is 358 g/mol. The number of ether oxygens (including phenoxy) is 1. The number of hydrogen-bond donors (Lipinski definition) is 0. The van der Waals surface area contributed by atoms with Gasteiger partial charge in [0, 0.05) is 17.9 Å². The van der Waals surface area contributed by atoms with Crippen LogP contribution in [-0.4, -0.2) is 41.9 Å². The summed E-state index contributed by atoms with van der Waals surface area (Å²) >= 11 is 0. The average Bonchev–Trinajstić information content (AvgIpc) is 3.03. The summed E-state index contributed by atoms with van der Waals surface area (Å²) < 4.78 is 32.5. The molecule has 0 aliphatic carbocycles. The first-order valence-corrected chi connectivity index (χ1v) is 9.32. The molecule has 0 N–H and O–H groups in total. The molecule has 0 amide bonds. The monoisotopic (exact) mass is 358 g/mol. The van der Waals surface area contributed by atoms with Crippen molar-refractivity contribution in [1.29, 1.82) is 5.26 Å². The third-order valence-corrected chi connectivity index (χ3v) is 5.84. The molecule has 2 heterocycles. The molecule has 0 unspecified atom stereocenters. The number of aryl methyl sites for hydroxylation is 2. The Labute approximate surface area is 147 Å². The van der Waals surface area contributed by atoms with E-state index < -0.39 is 10.0 Å². The lowest BCUT2D eigenvalue weighted by Crippen LogP contribution is -2.31. The first-order valence-electron chi connectivity index (χ1n) is 7.88. The molecule has 0 saturated carbocycles. The minimum Gasteiger partial charge on any atom is -0.459 e. The van der Waals surface area contributed by atoms with Gasteiger partial charge in [0.1, 0.15) is 6.10 Å². The summed E-state index contributed by atoms with van der Waals surface area (Å²) in [7, 11) is -3.60. The van der Waals surface area contributed by atoms with Crippen molar-refractivity contribution in [3.63, 3.8) is 0 Å². The Hall–Kier alpha value is -2.50. The Morgan fingerprint density at radius 2 is 1.84 bits per heavy atom. The summed E-state index contributed by atoms with van der Waals surface area (Å²) in [5.41, 5.74) is 2.04. The molecule has 8 heteroatoms. The van der Waals surface area contributed by atoms with Crippen LogP contribution in [0.3, 0.4) is 0 Å². The van der Waals surface area contributed by atoms with Gasteiger partial charge in [0.15, 0.2) is 0 Å². The Kier molecular flexibility index (Phi) is 4.70. The summed E-state index contributed by atoms with van der Waals surface area (Å²) in [6.07, 6.45) is 0.292. The second-order valence-corrected chi connectivity index (χ2v) is 7.90. The quantitative estimate of drug-likeness (QED) is 0.827. The van der Waals surface area contributed by atoms with E-state index in [0.717, 1.165) is 11.4 Å². The van der Waals surface area contributed by atoms with E-state index in [1.807, 2.05) is 26.0 Å². The maximum Gasteiger partial charge on any atom is 0.317 e. The maximum absolute atomic E-state index is 12.7. The van der Waals surface area contributed by atoms with Gasteiger partial charge in [0.25, 0.3) is 0 Å². The van der Waals surface area contributed by atoms with Crippen molar-refractivity contribution in [2.24, 2.45) is 0 Å². The Balaban J connectivity index is 1.72. The van der Waals surface area contributed by atoms with Crippen molar-refractivity contribution < 1.29 is 13.2 Å². The molecular formula is C17H18N4O3S. The van der Waals surface area contributed by atoms with E-state index in [9.17, 15) is 8.42 Å². The Bertz CT molecular complexity index is 900. The van der Waals surface area contributed by atoms with Gasteiger partial charge in [-0.25, -0.2) is 18.4 Å². The highest BCUT2D eigenvalue weighted by atomic mass is 32.2. The molecular weight excluding hydrogens is 340 g/mol. The third kappa shape index (κ3) is 3.78. The van der Waals surface area contributed by atoms with Gasteiger partial charge < -0.3 is 4.74 Å². The second-order valence-electron chi connectivity index (χ2n) is 5.96. The van der Waals surface area contributed by atoms with Crippen LogP contribution in [0.2, 0.25) is 0 Å². The molecule has 0 radical (unpaired) electrons. The summed E-state index contributed by atoms with van der Waals surface area (Å²) in [6.45, 7) is 4.34. The molecule has 1 aromatic carbocycles. The molecule has 1 aromatic heterocycles. The lowest BCUT2D eigenvalue weighted by molar-refractivity contribution is 0.197. The molecule has 7 nitrogen and oxygen atoms in total. The number of benzene rings is 1. The van der Waals surface area contributed by atoms with E-state index >= 15 is 0 Å². The number of rotatable bonds is 4. The highest BCUT2D eigenvalue weighted by Crippen LogP contribution is 2.23. The van der Waals surface area contributed by atoms with Crippen molar-refractivity contribution in [1.82, 2.24) is 14.3 Å². The predicted molar refractivity (Wildman–Crippen MR) is 90.5 cm³/mol. The van der Waals surface area contributed by atoms with Crippen LogP contribution in [0.25, 0.3) is 0 Å². The van der Waals surface area contributed by atoms with Gasteiger partial charge in [-0.1, -0.05) is 0 Å². The van der Waals surface area contributed by atoms with E-state index in [4.69, 9.17) is 10.00 Å². The third-order valence-electron chi connectivity index (χ3n) is 3.96. The number of hydrogen-bond acceptors (Lipinski definition) is 6. The summed E-state index contributed by atoms with van der Waals surface area (Å²) in [5.74, 6) is 0. The highest BCUT2D eigenvalue weighted by molar-refractivity contribution is 7.89. The van der Waals surface area contributed by atoms with E-state index in [2.05, 4.69) is 9.97 Å². The van der Waals surface area contributed by atoms with Gasteiger partial charge in [0.2, 0.25) is 10.0 Å². The fourth-order valence-electron chi connectivity index (χ4n) is 2.76. The van der Waals surface area contributed by atoms with Crippen LogP contribution in [0.5, 0.6) is 6.01 Å². The van der Waals surface area contributed by atoms with Gasteiger partial charge >= 0.3 is 6.01 Å². The smallest absolute Gasteiger partial charge is 0.317 e. The van der Waals surface area contributed by atoms with Gasteiger partial charge in [-0.3, -0.25) is 0 Å². The van der Waals surface area contributed by atoms with Crippen LogP contribution in [0.1, 0.15) is 23.4 Å². The van der Waals surface area contributed by atoms with E-state index in [-0.39, 0.29) is 23.6 Å². The molecule has 2 aromatic rings. The molecule has 130 valence electrons. The number of sulfonamides is 1. The zero-order valence-electron chi connectivity index (χ0n) is 14.0. The topological polar surface area (TPSA) is 96.2 Å². The largest absolute Gasteiger partial charge is 0.459 e. The second kappa shape index (κ2) is 6.78. The number of nitriles is 1.